The summed E-state index contributed by atoms with van der Waals surface area (Å²) in [4.78, 5) is 14.8. The molecule has 3 aromatic rings. The van der Waals surface area contributed by atoms with E-state index in [-0.39, 0.29) is 5.91 Å². The van der Waals surface area contributed by atoms with Crippen molar-refractivity contribution in [3.05, 3.63) is 94.8 Å². The third-order valence-electron chi connectivity index (χ3n) is 4.91. The summed E-state index contributed by atoms with van der Waals surface area (Å²) in [6, 6.07) is 22.1. The van der Waals surface area contributed by atoms with Gasteiger partial charge in [-0.1, -0.05) is 54.1 Å². The van der Waals surface area contributed by atoms with Gasteiger partial charge >= 0.3 is 0 Å². The summed E-state index contributed by atoms with van der Waals surface area (Å²) < 4.78 is 7.39. The number of ether oxygens (including phenoxy) is 1. The topological polar surface area (TPSA) is 34.5 Å². The second kappa shape index (κ2) is 10.8. The van der Waals surface area contributed by atoms with Crippen molar-refractivity contribution in [3.8, 4) is 0 Å². The first kappa shape index (κ1) is 21.2. The van der Waals surface area contributed by atoms with Crippen molar-refractivity contribution in [2.45, 2.75) is 25.9 Å². The molecule has 152 valence electrons. The van der Waals surface area contributed by atoms with Crippen molar-refractivity contribution in [1.82, 2.24) is 9.47 Å². The highest BCUT2D eigenvalue weighted by atomic mass is 35.5. The molecule has 2 aromatic carbocycles. The second-order valence-electron chi connectivity index (χ2n) is 7.05. The van der Waals surface area contributed by atoms with Gasteiger partial charge in [0.15, 0.2) is 0 Å². The van der Waals surface area contributed by atoms with Crippen LogP contribution in [0.4, 0.5) is 0 Å². The summed E-state index contributed by atoms with van der Waals surface area (Å²) in [6.07, 6.45) is 3.27. The zero-order valence-corrected chi connectivity index (χ0v) is 17.5. The number of halogens is 1. The largest absolute Gasteiger partial charge is 0.383 e. The van der Waals surface area contributed by atoms with E-state index in [0.29, 0.717) is 26.1 Å². The maximum absolute atomic E-state index is 12.9. The highest BCUT2D eigenvalue weighted by Crippen LogP contribution is 2.15. The highest BCUT2D eigenvalue weighted by molar-refractivity contribution is 6.30. The fourth-order valence-corrected chi connectivity index (χ4v) is 3.54. The molecule has 0 saturated carbocycles. The SMILES string of the molecule is COCCN(Cc1cccn1Cc1cccc(Cl)c1)C(=O)CCc1ccccc1. The Kier molecular flexibility index (Phi) is 7.91. The molecule has 0 atom stereocenters. The van der Waals surface area contributed by atoms with Crippen LogP contribution in [-0.2, 0) is 29.0 Å². The lowest BCUT2D eigenvalue weighted by molar-refractivity contribution is -0.132. The minimum absolute atomic E-state index is 0.140. The Morgan fingerprint density at radius 3 is 2.59 bits per heavy atom. The summed E-state index contributed by atoms with van der Waals surface area (Å²) in [6.45, 7) is 2.38. The molecule has 29 heavy (non-hydrogen) atoms. The van der Waals surface area contributed by atoms with Crippen LogP contribution >= 0.6 is 11.6 Å². The number of carbonyl (C=O) groups is 1. The van der Waals surface area contributed by atoms with Gasteiger partial charge in [-0.05, 0) is 41.8 Å². The molecule has 1 heterocycles. The zero-order valence-electron chi connectivity index (χ0n) is 16.8. The van der Waals surface area contributed by atoms with E-state index in [2.05, 4.69) is 28.8 Å². The number of amides is 1. The molecule has 0 aliphatic carbocycles. The summed E-state index contributed by atoms with van der Waals surface area (Å²) in [5, 5.41) is 0.731. The number of hydrogen-bond acceptors (Lipinski definition) is 2. The van der Waals surface area contributed by atoms with Crippen molar-refractivity contribution in [3.63, 3.8) is 0 Å². The van der Waals surface area contributed by atoms with Crippen LogP contribution in [0.5, 0.6) is 0 Å². The number of rotatable bonds is 10. The van der Waals surface area contributed by atoms with E-state index in [1.54, 1.807) is 7.11 Å². The quantitative estimate of drug-likeness (QED) is 0.481. The molecule has 0 N–H and O–H groups in total. The Balaban J connectivity index is 1.66. The van der Waals surface area contributed by atoms with Gasteiger partial charge in [-0.15, -0.1) is 0 Å². The van der Waals surface area contributed by atoms with Crippen LogP contribution in [0.15, 0.2) is 72.9 Å². The van der Waals surface area contributed by atoms with Gasteiger partial charge in [-0.2, -0.15) is 0 Å². The summed E-state index contributed by atoms with van der Waals surface area (Å²) in [5.74, 6) is 0.140. The summed E-state index contributed by atoms with van der Waals surface area (Å²) >= 11 is 6.12. The average molecular weight is 411 g/mol. The van der Waals surface area contributed by atoms with Gasteiger partial charge in [0.05, 0.1) is 13.2 Å². The number of benzene rings is 2. The molecular weight excluding hydrogens is 384 g/mol. The number of hydrogen-bond donors (Lipinski definition) is 0. The van der Waals surface area contributed by atoms with Gasteiger partial charge in [0.2, 0.25) is 5.91 Å². The molecule has 3 rings (SSSR count). The molecule has 0 unspecified atom stereocenters. The van der Waals surface area contributed by atoms with Crippen LogP contribution in [0.3, 0.4) is 0 Å². The minimum Gasteiger partial charge on any atom is -0.383 e. The molecule has 0 spiro atoms. The van der Waals surface area contributed by atoms with Crippen LogP contribution in [0, 0.1) is 0 Å². The molecule has 0 fully saturated rings. The third kappa shape index (κ3) is 6.48. The third-order valence-corrected chi connectivity index (χ3v) is 5.14. The molecule has 5 heteroatoms. The standard InChI is InChI=1S/C24H27ClN2O2/c1-29-16-15-27(24(28)13-12-20-7-3-2-4-8-20)19-23-11-6-14-26(23)18-21-9-5-10-22(25)17-21/h2-11,14,17H,12-13,15-16,18-19H2,1H3. The van der Waals surface area contributed by atoms with Crippen molar-refractivity contribution < 1.29 is 9.53 Å². The molecule has 0 aliphatic heterocycles. The van der Waals surface area contributed by atoms with Crippen LogP contribution in [0.1, 0.15) is 23.2 Å². The van der Waals surface area contributed by atoms with Crippen molar-refractivity contribution in [2.75, 3.05) is 20.3 Å². The van der Waals surface area contributed by atoms with Crippen molar-refractivity contribution >= 4 is 17.5 Å². The molecular formula is C24H27ClN2O2. The molecule has 0 saturated heterocycles. The van der Waals surface area contributed by atoms with E-state index >= 15 is 0 Å². The van der Waals surface area contributed by atoms with Crippen LogP contribution in [0.2, 0.25) is 5.02 Å². The zero-order chi connectivity index (χ0) is 20.5. The molecule has 1 aromatic heterocycles. The number of methoxy groups -OCH3 is 1. The Bertz CT molecular complexity index is 908. The normalized spacial score (nSPS) is 10.8. The Hall–Kier alpha value is -2.56. The van der Waals surface area contributed by atoms with E-state index in [1.165, 1.54) is 5.56 Å². The molecule has 0 radical (unpaired) electrons. The maximum atomic E-state index is 12.9. The highest BCUT2D eigenvalue weighted by Gasteiger charge is 2.16. The lowest BCUT2D eigenvalue weighted by Gasteiger charge is -2.23. The fourth-order valence-electron chi connectivity index (χ4n) is 3.32. The van der Waals surface area contributed by atoms with Crippen molar-refractivity contribution in [1.29, 1.82) is 0 Å². The van der Waals surface area contributed by atoms with Gasteiger partial charge in [0.25, 0.3) is 0 Å². The Morgan fingerprint density at radius 1 is 1.03 bits per heavy atom. The first-order valence-corrected chi connectivity index (χ1v) is 10.2. The predicted octanol–water partition coefficient (Wildman–Crippen LogP) is 4.80. The van der Waals surface area contributed by atoms with Gasteiger partial charge < -0.3 is 14.2 Å². The number of aromatic nitrogens is 1. The predicted molar refractivity (Wildman–Crippen MR) is 117 cm³/mol. The van der Waals surface area contributed by atoms with E-state index < -0.39 is 0 Å². The van der Waals surface area contributed by atoms with E-state index in [0.717, 1.165) is 29.2 Å². The van der Waals surface area contributed by atoms with Gasteiger partial charge in [0.1, 0.15) is 0 Å². The fraction of sp³-hybridized carbons (Fsp3) is 0.292. The molecule has 0 aliphatic rings. The lowest BCUT2D eigenvalue weighted by atomic mass is 10.1. The minimum atomic E-state index is 0.140. The Morgan fingerprint density at radius 2 is 1.83 bits per heavy atom. The van der Waals surface area contributed by atoms with Gasteiger partial charge in [-0.25, -0.2) is 0 Å². The van der Waals surface area contributed by atoms with E-state index in [4.69, 9.17) is 16.3 Å². The molecule has 0 bridgehead atoms. The van der Waals surface area contributed by atoms with E-state index in [1.807, 2.05) is 53.6 Å². The van der Waals surface area contributed by atoms with Gasteiger partial charge in [-0.3, -0.25) is 4.79 Å². The summed E-state index contributed by atoms with van der Waals surface area (Å²) in [7, 11) is 1.66. The van der Waals surface area contributed by atoms with Crippen LogP contribution < -0.4 is 0 Å². The van der Waals surface area contributed by atoms with Crippen molar-refractivity contribution in [2.24, 2.45) is 0 Å². The lowest BCUT2D eigenvalue weighted by Crippen LogP contribution is -2.34. The van der Waals surface area contributed by atoms with Gasteiger partial charge in [0, 0.05) is 43.5 Å². The van der Waals surface area contributed by atoms with E-state index in [9.17, 15) is 4.79 Å². The molecule has 1 amide bonds. The summed E-state index contributed by atoms with van der Waals surface area (Å²) in [5.41, 5.74) is 3.40. The Labute approximate surface area is 177 Å². The van der Waals surface area contributed by atoms with Crippen LogP contribution in [0.25, 0.3) is 0 Å². The van der Waals surface area contributed by atoms with Crippen LogP contribution in [-0.4, -0.2) is 35.6 Å². The first-order valence-electron chi connectivity index (χ1n) is 9.85. The number of aryl methyl sites for hydroxylation is 1. The monoisotopic (exact) mass is 410 g/mol. The second-order valence-corrected chi connectivity index (χ2v) is 7.49. The molecule has 4 nitrogen and oxygen atoms in total. The smallest absolute Gasteiger partial charge is 0.223 e. The number of nitrogens with zero attached hydrogens (tertiary/aromatic N) is 2. The maximum Gasteiger partial charge on any atom is 0.223 e. The average Bonchev–Trinajstić information content (AvgIpc) is 3.16. The number of carbonyl (C=O) groups excluding carboxylic acids is 1. The first-order chi connectivity index (χ1) is 14.2.